The highest BCUT2D eigenvalue weighted by Crippen LogP contribution is 2.12. The van der Waals surface area contributed by atoms with Gasteiger partial charge < -0.3 is 20.6 Å². The number of hydrogen-bond acceptors (Lipinski definition) is 4. The molecule has 0 radical (unpaired) electrons. The Morgan fingerprint density at radius 2 is 1.50 bits per heavy atom. The molecule has 0 saturated carbocycles. The molecule has 1 atom stereocenters. The zero-order chi connectivity index (χ0) is 17.5. The summed E-state index contributed by atoms with van der Waals surface area (Å²) in [6.45, 7) is 0. The molecule has 0 heterocycles. The van der Waals surface area contributed by atoms with Crippen molar-refractivity contribution >= 4 is 18.0 Å². The molecule has 6 nitrogen and oxygen atoms in total. The Bertz CT molecular complexity index is 735. The number of amides is 1. The molecule has 0 fully saturated rings. The summed E-state index contributed by atoms with van der Waals surface area (Å²) < 4.78 is 0. The third-order valence-corrected chi connectivity index (χ3v) is 3.31. The Kier molecular flexibility index (Phi) is 5.57. The van der Waals surface area contributed by atoms with Gasteiger partial charge >= 0.3 is 5.97 Å². The van der Waals surface area contributed by atoms with Crippen LogP contribution in [0.15, 0.2) is 54.6 Å². The number of phenols is 2. The van der Waals surface area contributed by atoms with Crippen molar-refractivity contribution in [2.45, 2.75) is 12.5 Å². The van der Waals surface area contributed by atoms with Crippen molar-refractivity contribution in [2.24, 2.45) is 0 Å². The molecule has 2 rings (SSSR count). The van der Waals surface area contributed by atoms with Gasteiger partial charge in [-0.05, 0) is 41.5 Å². The second-order valence-corrected chi connectivity index (χ2v) is 5.19. The summed E-state index contributed by atoms with van der Waals surface area (Å²) in [5.74, 6) is -1.47. The monoisotopic (exact) mass is 327 g/mol. The zero-order valence-electron chi connectivity index (χ0n) is 12.7. The van der Waals surface area contributed by atoms with E-state index in [1.54, 1.807) is 24.3 Å². The van der Waals surface area contributed by atoms with E-state index in [0.29, 0.717) is 11.1 Å². The number of nitrogens with one attached hydrogen (secondary N) is 1. The number of carbonyl (C=O) groups is 2. The first-order chi connectivity index (χ1) is 11.4. The van der Waals surface area contributed by atoms with Crippen molar-refractivity contribution in [1.29, 1.82) is 0 Å². The summed E-state index contributed by atoms with van der Waals surface area (Å²) in [6.07, 6.45) is 2.86. The van der Waals surface area contributed by atoms with E-state index in [2.05, 4.69) is 5.32 Å². The molecule has 2 aromatic carbocycles. The first-order valence-corrected chi connectivity index (χ1v) is 7.22. The molecular weight excluding hydrogens is 310 g/mol. The third-order valence-electron chi connectivity index (χ3n) is 3.31. The van der Waals surface area contributed by atoms with E-state index >= 15 is 0 Å². The lowest BCUT2D eigenvalue weighted by molar-refractivity contribution is -0.141. The van der Waals surface area contributed by atoms with E-state index in [1.165, 1.54) is 36.4 Å². The quantitative estimate of drug-likeness (QED) is 0.607. The summed E-state index contributed by atoms with van der Waals surface area (Å²) >= 11 is 0. The van der Waals surface area contributed by atoms with Gasteiger partial charge in [0.25, 0.3) is 0 Å². The van der Waals surface area contributed by atoms with Crippen molar-refractivity contribution in [2.75, 3.05) is 0 Å². The molecule has 1 amide bonds. The van der Waals surface area contributed by atoms with Crippen molar-refractivity contribution in [3.05, 3.63) is 65.7 Å². The second-order valence-electron chi connectivity index (χ2n) is 5.19. The molecule has 0 aromatic heterocycles. The molecule has 0 aliphatic carbocycles. The number of aliphatic carboxylic acids is 1. The van der Waals surface area contributed by atoms with E-state index in [9.17, 15) is 24.9 Å². The van der Waals surface area contributed by atoms with Crippen LogP contribution in [-0.2, 0) is 16.0 Å². The van der Waals surface area contributed by atoms with Crippen LogP contribution in [0.2, 0.25) is 0 Å². The molecular formula is C18H17NO5. The third kappa shape index (κ3) is 5.17. The Morgan fingerprint density at radius 1 is 0.958 bits per heavy atom. The zero-order valence-corrected chi connectivity index (χ0v) is 12.7. The molecule has 6 heteroatoms. The molecule has 0 aliphatic heterocycles. The predicted octanol–water partition coefficient (Wildman–Crippen LogP) is 1.92. The first kappa shape index (κ1) is 17.1. The van der Waals surface area contributed by atoms with Crippen LogP contribution in [0, 0.1) is 0 Å². The van der Waals surface area contributed by atoms with E-state index in [0.717, 1.165) is 0 Å². The number of hydrogen-bond donors (Lipinski definition) is 4. The molecule has 124 valence electrons. The minimum atomic E-state index is -1.14. The van der Waals surface area contributed by atoms with Crippen LogP contribution in [0.4, 0.5) is 0 Å². The lowest BCUT2D eigenvalue weighted by atomic mass is 10.1. The lowest BCUT2D eigenvalue weighted by Crippen LogP contribution is -2.41. The van der Waals surface area contributed by atoms with Crippen molar-refractivity contribution in [3.63, 3.8) is 0 Å². The Morgan fingerprint density at radius 3 is 2.04 bits per heavy atom. The molecule has 2 aromatic rings. The van der Waals surface area contributed by atoms with Crippen LogP contribution < -0.4 is 5.32 Å². The van der Waals surface area contributed by atoms with Crippen molar-refractivity contribution < 1.29 is 24.9 Å². The maximum absolute atomic E-state index is 11.9. The van der Waals surface area contributed by atoms with Gasteiger partial charge in [-0.1, -0.05) is 24.3 Å². The average molecular weight is 327 g/mol. The van der Waals surface area contributed by atoms with Crippen molar-refractivity contribution in [1.82, 2.24) is 5.32 Å². The second kappa shape index (κ2) is 7.82. The summed E-state index contributed by atoms with van der Waals surface area (Å²) in [4.78, 5) is 23.2. The Balaban J connectivity index is 1.99. The standard InChI is InChI=1S/C18H17NO5/c20-14-6-1-12(2-7-14)5-10-17(22)19-16(18(23)24)11-13-3-8-15(21)9-4-13/h1-10,16,20-21H,11H2,(H,19,22)(H,23,24)/b10-5-/t16-/m1/s1. The molecule has 4 N–H and O–H groups in total. The summed E-state index contributed by atoms with van der Waals surface area (Å²) in [7, 11) is 0. The number of benzene rings is 2. The van der Waals surface area contributed by atoms with Gasteiger partial charge in [-0.2, -0.15) is 0 Å². The maximum Gasteiger partial charge on any atom is 0.326 e. The van der Waals surface area contributed by atoms with Gasteiger partial charge in [0.2, 0.25) is 5.91 Å². The molecule has 0 bridgehead atoms. The number of aromatic hydroxyl groups is 2. The number of rotatable bonds is 6. The van der Waals surface area contributed by atoms with Gasteiger partial charge in [-0.25, -0.2) is 4.79 Å². The van der Waals surface area contributed by atoms with Crippen molar-refractivity contribution in [3.8, 4) is 11.5 Å². The maximum atomic E-state index is 11.9. The summed E-state index contributed by atoms with van der Waals surface area (Å²) in [6, 6.07) is 11.3. The smallest absolute Gasteiger partial charge is 0.326 e. The Hall–Kier alpha value is -3.28. The van der Waals surface area contributed by atoms with Crippen LogP contribution in [0.5, 0.6) is 11.5 Å². The number of carboxylic acids is 1. The largest absolute Gasteiger partial charge is 0.508 e. The highest BCUT2D eigenvalue weighted by Gasteiger charge is 2.19. The molecule has 24 heavy (non-hydrogen) atoms. The van der Waals surface area contributed by atoms with E-state index in [1.807, 2.05) is 0 Å². The molecule has 0 unspecified atom stereocenters. The van der Waals surface area contributed by atoms with Gasteiger partial charge in [0.1, 0.15) is 17.5 Å². The molecule has 0 saturated heterocycles. The lowest BCUT2D eigenvalue weighted by Gasteiger charge is -2.13. The fourth-order valence-corrected chi connectivity index (χ4v) is 2.04. The molecule has 0 spiro atoms. The van der Waals surface area contributed by atoms with Crippen LogP contribution in [-0.4, -0.2) is 33.2 Å². The normalized spacial score (nSPS) is 12.0. The van der Waals surface area contributed by atoms with E-state index in [4.69, 9.17) is 0 Å². The van der Waals surface area contributed by atoms with Crippen LogP contribution in [0.25, 0.3) is 6.08 Å². The number of phenolic OH excluding ortho intramolecular Hbond substituents is 2. The van der Waals surface area contributed by atoms with Crippen LogP contribution in [0.3, 0.4) is 0 Å². The van der Waals surface area contributed by atoms with Crippen LogP contribution >= 0.6 is 0 Å². The first-order valence-electron chi connectivity index (χ1n) is 7.22. The number of carboxylic acid groups (broad SMARTS) is 1. The fraction of sp³-hybridized carbons (Fsp3) is 0.111. The average Bonchev–Trinajstić information content (AvgIpc) is 2.55. The van der Waals surface area contributed by atoms with Gasteiger partial charge in [0, 0.05) is 12.5 Å². The topological polar surface area (TPSA) is 107 Å². The Labute approximate surface area is 138 Å². The fourth-order valence-electron chi connectivity index (χ4n) is 2.04. The highest BCUT2D eigenvalue weighted by molar-refractivity contribution is 5.94. The minimum absolute atomic E-state index is 0.0893. The summed E-state index contributed by atoms with van der Waals surface area (Å²) in [5, 5.41) is 30.1. The van der Waals surface area contributed by atoms with Gasteiger partial charge in [-0.3, -0.25) is 4.79 Å². The summed E-state index contributed by atoms with van der Waals surface area (Å²) in [5.41, 5.74) is 1.39. The SMILES string of the molecule is O=C(/C=C\c1ccc(O)cc1)N[C@H](Cc1ccc(O)cc1)C(=O)O. The van der Waals surface area contributed by atoms with Gasteiger partial charge in [0.05, 0.1) is 0 Å². The van der Waals surface area contributed by atoms with E-state index in [-0.39, 0.29) is 17.9 Å². The van der Waals surface area contributed by atoms with Gasteiger partial charge in [0.15, 0.2) is 0 Å². The highest BCUT2D eigenvalue weighted by atomic mass is 16.4. The molecule has 0 aliphatic rings. The predicted molar refractivity (Wildman–Crippen MR) is 88.5 cm³/mol. The van der Waals surface area contributed by atoms with Gasteiger partial charge in [-0.15, -0.1) is 0 Å². The van der Waals surface area contributed by atoms with E-state index < -0.39 is 17.9 Å². The number of carbonyl (C=O) groups excluding carboxylic acids is 1. The van der Waals surface area contributed by atoms with Crippen LogP contribution in [0.1, 0.15) is 11.1 Å². The minimum Gasteiger partial charge on any atom is -0.508 e.